The van der Waals surface area contributed by atoms with E-state index in [1.54, 1.807) is 12.1 Å². The van der Waals surface area contributed by atoms with Crippen molar-refractivity contribution in [2.45, 2.75) is 31.1 Å². The minimum absolute atomic E-state index is 0.235. The van der Waals surface area contributed by atoms with Gasteiger partial charge in [-0.05, 0) is 49.4 Å². The summed E-state index contributed by atoms with van der Waals surface area (Å²) < 4.78 is 26.6. The maximum Gasteiger partial charge on any atom is 0.240 e. The van der Waals surface area contributed by atoms with Crippen molar-refractivity contribution in [2.75, 3.05) is 31.1 Å². The van der Waals surface area contributed by atoms with Crippen molar-refractivity contribution in [3.05, 3.63) is 24.3 Å². The van der Waals surface area contributed by atoms with Gasteiger partial charge in [-0.1, -0.05) is 6.92 Å². The number of nitrogens with zero attached hydrogens (tertiary/aromatic N) is 1. The number of nitrogens with one attached hydrogen (secondary N) is 1. The van der Waals surface area contributed by atoms with Crippen LogP contribution in [0, 0.1) is 5.92 Å². The molecule has 0 amide bonds. The van der Waals surface area contributed by atoms with Crippen molar-refractivity contribution >= 4 is 15.7 Å². The topological polar surface area (TPSA) is 69.6 Å². The number of aliphatic hydroxyl groups excluding tert-OH is 1. The molecule has 1 heterocycles. The van der Waals surface area contributed by atoms with E-state index < -0.39 is 10.0 Å². The highest BCUT2D eigenvalue weighted by Crippen LogP contribution is 2.26. The lowest BCUT2D eigenvalue weighted by Crippen LogP contribution is -2.24. The molecular weight excluding hydrogens is 288 g/mol. The minimum Gasteiger partial charge on any atom is -0.396 e. The summed E-state index contributed by atoms with van der Waals surface area (Å²) >= 11 is 0. The van der Waals surface area contributed by atoms with Gasteiger partial charge in [-0.2, -0.15) is 0 Å². The largest absolute Gasteiger partial charge is 0.396 e. The van der Waals surface area contributed by atoms with Crippen LogP contribution >= 0.6 is 0 Å². The van der Waals surface area contributed by atoms with Crippen LogP contribution in [0.25, 0.3) is 0 Å². The highest BCUT2D eigenvalue weighted by Gasteiger charge is 2.22. The first kappa shape index (κ1) is 16.3. The molecule has 1 aliphatic heterocycles. The average Bonchev–Trinajstić information content (AvgIpc) is 2.94. The number of aliphatic hydroxyl groups is 1. The Morgan fingerprint density at radius 2 is 2.05 bits per heavy atom. The van der Waals surface area contributed by atoms with Gasteiger partial charge in [-0.3, -0.25) is 0 Å². The van der Waals surface area contributed by atoms with Gasteiger partial charge in [0.05, 0.1) is 4.90 Å². The molecule has 2 N–H and O–H groups in total. The quantitative estimate of drug-likeness (QED) is 0.802. The van der Waals surface area contributed by atoms with E-state index in [1.807, 2.05) is 19.1 Å². The van der Waals surface area contributed by atoms with Crippen molar-refractivity contribution in [1.29, 1.82) is 0 Å². The Kier molecular flexibility index (Phi) is 5.61. The van der Waals surface area contributed by atoms with Crippen LogP contribution in [0.15, 0.2) is 29.2 Å². The lowest BCUT2D eigenvalue weighted by atomic mass is 10.1. The molecule has 21 heavy (non-hydrogen) atoms. The van der Waals surface area contributed by atoms with Crippen molar-refractivity contribution in [2.24, 2.45) is 5.92 Å². The summed E-state index contributed by atoms with van der Waals surface area (Å²) in [5.74, 6) is 0.532. The molecule has 1 fully saturated rings. The molecule has 0 radical (unpaired) electrons. The van der Waals surface area contributed by atoms with Gasteiger partial charge in [0.2, 0.25) is 10.0 Å². The second-order valence-corrected chi connectivity index (χ2v) is 7.27. The third kappa shape index (κ3) is 4.18. The molecule has 0 aliphatic carbocycles. The Hall–Kier alpha value is -1.11. The lowest BCUT2D eigenvalue weighted by molar-refractivity contribution is 0.263. The summed E-state index contributed by atoms with van der Waals surface area (Å²) in [6, 6.07) is 7.04. The van der Waals surface area contributed by atoms with Gasteiger partial charge in [-0.25, -0.2) is 13.1 Å². The summed E-state index contributed by atoms with van der Waals surface area (Å²) in [6.07, 6.45) is 2.69. The van der Waals surface area contributed by atoms with E-state index in [0.29, 0.717) is 17.4 Å². The van der Waals surface area contributed by atoms with Crippen LogP contribution in [0.2, 0.25) is 0 Å². The van der Waals surface area contributed by atoms with Gasteiger partial charge in [0.15, 0.2) is 0 Å². The van der Waals surface area contributed by atoms with Crippen molar-refractivity contribution < 1.29 is 13.5 Å². The van der Waals surface area contributed by atoms with Crippen LogP contribution in [0.4, 0.5) is 5.69 Å². The van der Waals surface area contributed by atoms with E-state index in [4.69, 9.17) is 5.11 Å². The van der Waals surface area contributed by atoms with Gasteiger partial charge >= 0.3 is 0 Å². The molecular formula is C15H24N2O3S. The maximum atomic E-state index is 12.0. The molecule has 1 aromatic carbocycles. The summed E-state index contributed by atoms with van der Waals surface area (Å²) in [6.45, 7) is 4.52. The first-order valence-electron chi connectivity index (χ1n) is 7.52. The van der Waals surface area contributed by atoms with Crippen LogP contribution in [0.5, 0.6) is 0 Å². The van der Waals surface area contributed by atoms with E-state index in [-0.39, 0.29) is 6.61 Å². The van der Waals surface area contributed by atoms with Crippen LogP contribution in [0.3, 0.4) is 0 Å². The molecule has 1 atom stereocenters. The van der Waals surface area contributed by atoms with Crippen LogP contribution in [-0.4, -0.2) is 39.8 Å². The van der Waals surface area contributed by atoms with Crippen molar-refractivity contribution in [3.8, 4) is 0 Å². The van der Waals surface area contributed by atoms with Gasteiger partial charge in [0, 0.05) is 31.9 Å². The summed E-state index contributed by atoms with van der Waals surface area (Å²) in [4.78, 5) is 2.56. The van der Waals surface area contributed by atoms with E-state index in [1.165, 1.54) is 0 Å². The molecule has 6 heteroatoms. The average molecular weight is 312 g/mol. The lowest BCUT2D eigenvalue weighted by Gasteiger charge is -2.19. The van der Waals surface area contributed by atoms with E-state index in [9.17, 15) is 8.42 Å². The number of benzene rings is 1. The maximum absolute atomic E-state index is 12.0. The zero-order chi connectivity index (χ0) is 15.3. The third-order valence-corrected chi connectivity index (χ3v) is 5.35. The normalized spacial score (nSPS) is 19.1. The first-order chi connectivity index (χ1) is 10.1. The number of hydrogen-bond acceptors (Lipinski definition) is 4. The Morgan fingerprint density at radius 1 is 1.33 bits per heavy atom. The highest BCUT2D eigenvalue weighted by molar-refractivity contribution is 7.89. The fourth-order valence-electron chi connectivity index (χ4n) is 2.64. The standard InChI is InChI=1S/C15H24N2O3S/c1-2-9-16-21(19,20)15-5-3-14(4-6-15)17-10-7-13(12-17)8-11-18/h3-6,13,16,18H,2,7-12H2,1H3. The number of anilines is 1. The van der Waals surface area contributed by atoms with E-state index in [2.05, 4.69) is 9.62 Å². The molecule has 1 aromatic rings. The molecule has 118 valence electrons. The van der Waals surface area contributed by atoms with Gasteiger partial charge < -0.3 is 10.0 Å². The van der Waals surface area contributed by atoms with Crippen LogP contribution in [-0.2, 0) is 10.0 Å². The van der Waals surface area contributed by atoms with Gasteiger partial charge in [0.1, 0.15) is 0 Å². The first-order valence-corrected chi connectivity index (χ1v) is 9.00. The minimum atomic E-state index is -3.38. The zero-order valence-electron chi connectivity index (χ0n) is 12.5. The van der Waals surface area contributed by atoms with Crippen LogP contribution < -0.4 is 9.62 Å². The smallest absolute Gasteiger partial charge is 0.240 e. The fourth-order valence-corrected chi connectivity index (χ4v) is 3.78. The Bertz CT molecular complexity index is 543. The molecule has 1 unspecified atom stereocenters. The molecule has 1 saturated heterocycles. The molecule has 1 aliphatic rings. The van der Waals surface area contributed by atoms with Crippen molar-refractivity contribution in [3.63, 3.8) is 0 Å². The zero-order valence-corrected chi connectivity index (χ0v) is 13.3. The highest BCUT2D eigenvalue weighted by atomic mass is 32.2. The number of hydrogen-bond donors (Lipinski definition) is 2. The van der Waals surface area contributed by atoms with E-state index in [0.717, 1.165) is 38.0 Å². The van der Waals surface area contributed by atoms with Crippen molar-refractivity contribution in [1.82, 2.24) is 4.72 Å². The molecule has 0 spiro atoms. The Labute approximate surface area is 127 Å². The molecule has 2 rings (SSSR count). The molecule has 0 bridgehead atoms. The second kappa shape index (κ2) is 7.24. The van der Waals surface area contributed by atoms with Crippen LogP contribution in [0.1, 0.15) is 26.2 Å². The van der Waals surface area contributed by atoms with E-state index >= 15 is 0 Å². The van der Waals surface area contributed by atoms with Gasteiger partial charge in [0.25, 0.3) is 0 Å². The van der Waals surface area contributed by atoms with Gasteiger partial charge in [-0.15, -0.1) is 0 Å². The third-order valence-electron chi connectivity index (χ3n) is 3.88. The summed E-state index contributed by atoms with van der Waals surface area (Å²) in [5.41, 5.74) is 1.05. The monoisotopic (exact) mass is 312 g/mol. The second-order valence-electron chi connectivity index (χ2n) is 5.50. The fraction of sp³-hybridized carbons (Fsp3) is 0.600. The Morgan fingerprint density at radius 3 is 2.67 bits per heavy atom. The molecule has 5 nitrogen and oxygen atoms in total. The predicted octanol–water partition coefficient (Wildman–Crippen LogP) is 1.58. The Balaban J connectivity index is 2.03. The summed E-state index contributed by atoms with van der Waals surface area (Å²) in [5, 5.41) is 8.99. The SMILES string of the molecule is CCCNS(=O)(=O)c1ccc(N2CCC(CCO)C2)cc1. The molecule has 0 aromatic heterocycles. The summed E-state index contributed by atoms with van der Waals surface area (Å²) in [7, 11) is -3.38. The number of rotatable bonds is 7. The molecule has 0 saturated carbocycles. The number of sulfonamides is 1. The predicted molar refractivity (Wildman–Crippen MR) is 83.9 cm³/mol.